The van der Waals surface area contributed by atoms with E-state index in [0.717, 1.165) is 44.2 Å². The van der Waals surface area contributed by atoms with Gasteiger partial charge in [0.1, 0.15) is 5.69 Å². The van der Waals surface area contributed by atoms with Gasteiger partial charge < -0.3 is 20.9 Å². The number of piperidine rings is 1. The third-order valence-electron chi connectivity index (χ3n) is 4.80. The lowest BCUT2D eigenvalue weighted by Crippen LogP contribution is -2.49. The lowest BCUT2D eigenvalue weighted by Gasteiger charge is -2.33. The van der Waals surface area contributed by atoms with E-state index in [1.807, 2.05) is 0 Å². The van der Waals surface area contributed by atoms with Crippen molar-refractivity contribution in [2.45, 2.75) is 43.9 Å². The third kappa shape index (κ3) is 6.90. The summed E-state index contributed by atoms with van der Waals surface area (Å²) >= 11 is 0. The van der Waals surface area contributed by atoms with Crippen molar-refractivity contribution in [3.05, 3.63) is 18.0 Å². The molecule has 0 atom stereocenters. The molecule has 1 aromatic heterocycles. The van der Waals surface area contributed by atoms with Crippen LogP contribution in [0.25, 0.3) is 0 Å². The van der Waals surface area contributed by atoms with E-state index in [9.17, 15) is 13.2 Å². The SMILES string of the molecule is CN=C(NCCNc1nccc(C(F)(F)F)n1)NC1CCN(C2CC2)CC1.I. The van der Waals surface area contributed by atoms with Crippen molar-refractivity contribution in [1.29, 1.82) is 0 Å². The Labute approximate surface area is 180 Å². The highest BCUT2D eigenvalue weighted by molar-refractivity contribution is 14.0. The number of halogens is 4. The number of alkyl halides is 3. The number of likely N-dealkylation sites (tertiary alicyclic amines) is 1. The Morgan fingerprint density at radius 3 is 2.54 bits per heavy atom. The first-order valence-electron chi connectivity index (χ1n) is 9.31. The van der Waals surface area contributed by atoms with E-state index < -0.39 is 11.9 Å². The van der Waals surface area contributed by atoms with E-state index in [1.54, 1.807) is 7.05 Å². The topological polar surface area (TPSA) is 77.5 Å². The molecule has 1 aromatic rings. The maximum Gasteiger partial charge on any atom is 0.433 e. The van der Waals surface area contributed by atoms with E-state index in [4.69, 9.17) is 0 Å². The molecule has 0 aromatic carbocycles. The maximum atomic E-state index is 12.6. The smallest absolute Gasteiger partial charge is 0.355 e. The fourth-order valence-corrected chi connectivity index (χ4v) is 3.19. The number of aromatic nitrogens is 2. The van der Waals surface area contributed by atoms with Crippen LogP contribution in [0.1, 0.15) is 31.4 Å². The van der Waals surface area contributed by atoms with Crippen molar-refractivity contribution in [2.24, 2.45) is 4.99 Å². The zero-order chi connectivity index (χ0) is 19.3. The Balaban J connectivity index is 0.00000280. The molecule has 158 valence electrons. The Kier molecular flexibility index (Phi) is 8.53. The normalized spacial score (nSPS) is 19.1. The number of nitrogens with one attached hydrogen (secondary N) is 3. The second-order valence-corrected chi connectivity index (χ2v) is 6.87. The molecule has 11 heteroatoms. The van der Waals surface area contributed by atoms with Crippen LogP contribution in [0.5, 0.6) is 0 Å². The van der Waals surface area contributed by atoms with E-state index >= 15 is 0 Å². The standard InChI is InChI=1S/C17H26F3N7.HI/c1-21-15(25-12-5-10-27(11-6-12)13-2-3-13)23-8-9-24-16-22-7-4-14(26-16)17(18,19)20;/h4,7,12-13H,2-3,5-6,8-11H2,1H3,(H2,21,23,25)(H,22,24,26);1H. The average Bonchev–Trinajstić information content (AvgIpc) is 3.49. The molecule has 0 unspecified atom stereocenters. The van der Waals surface area contributed by atoms with Gasteiger partial charge in [-0.05, 0) is 31.7 Å². The van der Waals surface area contributed by atoms with Crippen LogP contribution < -0.4 is 16.0 Å². The molecule has 3 N–H and O–H groups in total. The van der Waals surface area contributed by atoms with Crippen LogP contribution in [0.2, 0.25) is 0 Å². The van der Waals surface area contributed by atoms with Crippen molar-refractivity contribution in [3.8, 4) is 0 Å². The number of hydrogen-bond acceptors (Lipinski definition) is 5. The number of aliphatic imine (C=N–C) groups is 1. The number of guanidine groups is 1. The van der Waals surface area contributed by atoms with Crippen LogP contribution in [0.15, 0.2) is 17.3 Å². The second kappa shape index (κ2) is 10.4. The first-order chi connectivity index (χ1) is 13.0. The minimum absolute atomic E-state index is 0. The zero-order valence-electron chi connectivity index (χ0n) is 15.8. The zero-order valence-corrected chi connectivity index (χ0v) is 18.1. The van der Waals surface area contributed by atoms with Crippen molar-refractivity contribution < 1.29 is 13.2 Å². The van der Waals surface area contributed by atoms with Gasteiger partial charge in [-0.25, -0.2) is 9.97 Å². The highest BCUT2D eigenvalue weighted by atomic mass is 127. The fraction of sp³-hybridized carbons (Fsp3) is 0.706. The summed E-state index contributed by atoms with van der Waals surface area (Å²) in [6.07, 6.45) is 1.48. The van der Waals surface area contributed by atoms with Gasteiger partial charge in [0.2, 0.25) is 5.95 Å². The van der Waals surface area contributed by atoms with Crippen molar-refractivity contribution >= 4 is 35.9 Å². The minimum atomic E-state index is -4.47. The average molecular weight is 513 g/mol. The third-order valence-corrected chi connectivity index (χ3v) is 4.80. The molecular weight excluding hydrogens is 486 g/mol. The summed E-state index contributed by atoms with van der Waals surface area (Å²) in [7, 11) is 1.71. The molecule has 1 saturated carbocycles. The summed E-state index contributed by atoms with van der Waals surface area (Å²) in [5.74, 6) is 0.661. The molecule has 1 aliphatic heterocycles. The fourth-order valence-electron chi connectivity index (χ4n) is 3.19. The maximum absolute atomic E-state index is 12.6. The van der Waals surface area contributed by atoms with Gasteiger partial charge in [0.25, 0.3) is 0 Å². The summed E-state index contributed by atoms with van der Waals surface area (Å²) in [6, 6.07) is 2.06. The second-order valence-electron chi connectivity index (χ2n) is 6.87. The van der Waals surface area contributed by atoms with Gasteiger partial charge in [-0.15, -0.1) is 24.0 Å². The summed E-state index contributed by atoms with van der Waals surface area (Å²) in [5.41, 5.74) is -0.956. The molecule has 2 aliphatic rings. The van der Waals surface area contributed by atoms with Gasteiger partial charge in [-0.3, -0.25) is 4.99 Å². The largest absolute Gasteiger partial charge is 0.433 e. The van der Waals surface area contributed by atoms with E-state index in [-0.39, 0.29) is 29.9 Å². The predicted molar refractivity (Wildman–Crippen MR) is 113 cm³/mol. The van der Waals surface area contributed by atoms with Crippen molar-refractivity contribution in [1.82, 2.24) is 25.5 Å². The molecule has 0 bridgehead atoms. The molecule has 0 spiro atoms. The van der Waals surface area contributed by atoms with Gasteiger partial charge in [-0.2, -0.15) is 13.2 Å². The first kappa shape index (κ1) is 22.9. The monoisotopic (exact) mass is 513 g/mol. The van der Waals surface area contributed by atoms with Gasteiger partial charge in [0.15, 0.2) is 5.96 Å². The van der Waals surface area contributed by atoms with Crippen LogP contribution >= 0.6 is 24.0 Å². The van der Waals surface area contributed by atoms with E-state index in [0.29, 0.717) is 25.1 Å². The van der Waals surface area contributed by atoms with Crippen LogP contribution in [0.4, 0.5) is 19.1 Å². The van der Waals surface area contributed by atoms with Crippen LogP contribution in [0, 0.1) is 0 Å². The van der Waals surface area contributed by atoms with E-state index in [1.165, 1.54) is 12.8 Å². The molecule has 28 heavy (non-hydrogen) atoms. The molecule has 0 radical (unpaired) electrons. The minimum Gasteiger partial charge on any atom is -0.355 e. The van der Waals surface area contributed by atoms with Gasteiger partial charge >= 0.3 is 6.18 Å². The highest BCUT2D eigenvalue weighted by Crippen LogP contribution is 2.29. The number of anilines is 1. The molecule has 0 amide bonds. The number of hydrogen-bond donors (Lipinski definition) is 3. The number of nitrogens with zero attached hydrogens (tertiary/aromatic N) is 4. The molecule has 2 heterocycles. The van der Waals surface area contributed by atoms with Crippen molar-refractivity contribution in [2.75, 3.05) is 38.5 Å². The summed E-state index contributed by atoms with van der Waals surface area (Å²) in [5, 5.41) is 9.37. The Bertz CT molecular complexity index is 644. The van der Waals surface area contributed by atoms with Gasteiger partial charge in [0, 0.05) is 51.5 Å². The quantitative estimate of drug-likeness (QED) is 0.235. The van der Waals surface area contributed by atoms with Gasteiger partial charge in [0.05, 0.1) is 0 Å². The van der Waals surface area contributed by atoms with Crippen LogP contribution in [-0.2, 0) is 6.18 Å². The van der Waals surface area contributed by atoms with Crippen LogP contribution in [0.3, 0.4) is 0 Å². The summed E-state index contributed by atoms with van der Waals surface area (Å²) < 4.78 is 37.9. The Morgan fingerprint density at radius 2 is 1.93 bits per heavy atom. The van der Waals surface area contributed by atoms with Crippen LogP contribution in [-0.4, -0.2) is 66.1 Å². The van der Waals surface area contributed by atoms with Gasteiger partial charge in [-0.1, -0.05) is 0 Å². The summed E-state index contributed by atoms with van der Waals surface area (Å²) in [4.78, 5) is 14.1. The predicted octanol–water partition coefficient (Wildman–Crippen LogP) is 2.32. The Hall–Kier alpha value is -1.37. The highest BCUT2D eigenvalue weighted by Gasteiger charge is 2.33. The first-order valence-corrected chi connectivity index (χ1v) is 9.31. The van der Waals surface area contributed by atoms with Crippen molar-refractivity contribution in [3.63, 3.8) is 0 Å². The summed E-state index contributed by atoms with van der Waals surface area (Å²) in [6.45, 7) is 3.10. The molecule has 1 saturated heterocycles. The molecule has 3 rings (SSSR count). The lowest BCUT2D eigenvalue weighted by atomic mass is 10.1. The van der Waals surface area contributed by atoms with E-state index in [2.05, 4.69) is 35.8 Å². The molecular formula is C17H27F3IN7. The lowest BCUT2D eigenvalue weighted by molar-refractivity contribution is -0.141. The molecule has 1 aliphatic carbocycles. The molecule has 2 fully saturated rings. The Morgan fingerprint density at radius 1 is 1.21 bits per heavy atom. The molecule has 7 nitrogen and oxygen atoms in total. The number of rotatable bonds is 6.